The van der Waals surface area contributed by atoms with Crippen LogP contribution in [0.15, 0.2) is 42.5 Å². The Morgan fingerprint density at radius 1 is 1.00 bits per heavy atom. The number of benzene rings is 2. The maximum atomic E-state index is 12.7. The van der Waals surface area contributed by atoms with E-state index in [0.29, 0.717) is 17.1 Å². The van der Waals surface area contributed by atoms with Gasteiger partial charge in [0.2, 0.25) is 5.91 Å². The third-order valence-electron chi connectivity index (χ3n) is 3.76. The summed E-state index contributed by atoms with van der Waals surface area (Å²) in [6.07, 6.45) is -4.79. The van der Waals surface area contributed by atoms with E-state index in [1.807, 2.05) is 0 Å². The zero-order valence-corrected chi connectivity index (χ0v) is 14.7. The quantitative estimate of drug-likeness (QED) is 0.726. The Labute approximate surface area is 154 Å². The molecule has 0 fully saturated rings. The molecular weight excluding hydrogens is 363 g/mol. The standard InChI is InChI=1S/C19H18F3NO4/c1-26-14-6-7-15(17(11-14)27-2)16(24)8-9-18(25)23-13-5-3-4-12(10-13)19(20,21)22/h3-7,10-11H,8-9H2,1-2H3,(H,23,25). The molecule has 0 spiro atoms. The first-order chi connectivity index (χ1) is 12.7. The average Bonchev–Trinajstić information content (AvgIpc) is 2.65. The molecule has 0 saturated heterocycles. The number of hydrogen-bond donors (Lipinski definition) is 1. The van der Waals surface area contributed by atoms with Gasteiger partial charge in [-0.3, -0.25) is 9.59 Å². The molecule has 2 rings (SSSR count). The van der Waals surface area contributed by atoms with Crippen LogP contribution in [0.2, 0.25) is 0 Å². The van der Waals surface area contributed by atoms with Gasteiger partial charge in [0, 0.05) is 24.6 Å². The highest BCUT2D eigenvalue weighted by molar-refractivity contribution is 6.01. The topological polar surface area (TPSA) is 64.6 Å². The number of ether oxygens (including phenoxy) is 2. The van der Waals surface area contributed by atoms with Gasteiger partial charge in [-0.25, -0.2) is 0 Å². The molecule has 1 N–H and O–H groups in total. The first-order valence-electron chi connectivity index (χ1n) is 7.97. The summed E-state index contributed by atoms with van der Waals surface area (Å²) < 4.78 is 48.3. The first-order valence-corrected chi connectivity index (χ1v) is 7.97. The van der Waals surface area contributed by atoms with Crippen LogP contribution in [0.25, 0.3) is 0 Å². The number of rotatable bonds is 7. The van der Waals surface area contributed by atoms with E-state index in [1.165, 1.54) is 32.4 Å². The third kappa shape index (κ3) is 5.47. The van der Waals surface area contributed by atoms with Crippen LogP contribution in [0.3, 0.4) is 0 Å². The van der Waals surface area contributed by atoms with Crippen LogP contribution in [0, 0.1) is 0 Å². The van der Waals surface area contributed by atoms with Crippen molar-refractivity contribution in [1.29, 1.82) is 0 Å². The SMILES string of the molecule is COc1ccc(C(=O)CCC(=O)Nc2cccc(C(F)(F)F)c2)c(OC)c1. The van der Waals surface area contributed by atoms with Gasteiger partial charge in [-0.2, -0.15) is 13.2 Å². The molecule has 0 aromatic heterocycles. The van der Waals surface area contributed by atoms with Gasteiger partial charge in [0.05, 0.1) is 25.3 Å². The molecule has 0 saturated carbocycles. The van der Waals surface area contributed by atoms with Gasteiger partial charge < -0.3 is 14.8 Å². The Bertz CT molecular complexity index is 834. The summed E-state index contributed by atoms with van der Waals surface area (Å²) in [5.74, 6) is -0.0489. The van der Waals surface area contributed by atoms with Gasteiger partial charge in [-0.1, -0.05) is 6.07 Å². The number of Topliss-reactive ketones (excluding diaryl/α,β-unsaturated/α-hetero) is 1. The molecule has 5 nitrogen and oxygen atoms in total. The summed E-state index contributed by atoms with van der Waals surface area (Å²) in [5, 5.41) is 2.37. The van der Waals surface area contributed by atoms with Crippen molar-refractivity contribution in [3.05, 3.63) is 53.6 Å². The van der Waals surface area contributed by atoms with Crippen LogP contribution in [0.5, 0.6) is 11.5 Å². The number of hydrogen-bond acceptors (Lipinski definition) is 4. The van der Waals surface area contributed by atoms with Gasteiger partial charge in [0.1, 0.15) is 11.5 Å². The average molecular weight is 381 g/mol. The van der Waals surface area contributed by atoms with Crippen molar-refractivity contribution >= 4 is 17.4 Å². The Morgan fingerprint density at radius 3 is 2.37 bits per heavy atom. The Kier molecular flexibility index (Phi) is 6.44. The zero-order chi connectivity index (χ0) is 20.0. The maximum absolute atomic E-state index is 12.7. The summed E-state index contributed by atoms with van der Waals surface area (Å²) in [6.45, 7) is 0. The summed E-state index contributed by atoms with van der Waals surface area (Å²) >= 11 is 0. The number of methoxy groups -OCH3 is 2. The highest BCUT2D eigenvalue weighted by Crippen LogP contribution is 2.31. The zero-order valence-electron chi connectivity index (χ0n) is 14.7. The van der Waals surface area contributed by atoms with E-state index in [4.69, 9.17) is 9.47 Å². The summed E-state index contributed by atoms with van der Waals surface area (Å²) in [4.78, 5) is 24.3. The number of nitrogens with one attached hydrogen (secondary N) is 1. The predicted molar refractivity (Wildman–Crippen MR) is 93.2 cm³/mol. The van der Waals surface area contributed by atoms with Gasteiger partial charge in [0.25, 0.3) is 0 Å². The van der Waals surface area contributed by atoms with E-state index in [-0.39, 0.29) is 24.3 Å². The Balaban J connectivity index is 1.99. The molecule has 0 radical (unpaired) electrons. The Morgan fingerprint density at radius 2 is 1.74 bits per heavy atom. The largest absolute Gasteiger partial charge is 0.497 e. The van der Waals surface area contributed by atoms with Crippen molar-refractivity contribution in [2.24, 2.45) is 0 Å². The molecule has 0 atom stereocenters. The molecule has 0 bridgehead atoms. The minimum absolute atomic E-state index is 0.0179. The van der Waals surface area contributed by atoms with E-state index in [9.17, 15) is 22.8 Å². The lowest BCUT2D eigenvalue weighted by Crippen LogP contribution is -2.14. The van der Waals surface area contributed by atoms with E-state index in [1.54, 1.807) is 12.1 Å². The van der Waals surface area contributed by atoms with Crippen molar-refractivity contribution in [2.45, 2.75) is 19.0 Å². The monoisotopic (exact) mass is 381 g/mol. The van der Waals surface area contributed by atoms with E-state index >= 15 is 0 Å². The number of ketones is 1. The van der Waals surface area contributed by atoms with E-state index in [2.05, 4.69) is 5.32 Å². The second kappa shape index (κ2) is 8.57. The molecule has 2 aromatic rings. The van der Waals surface area contributed by atoms with Crippen LogP contribution < -0.4 is 14.8 Å². The molecule has 0 unspecified atom stereocenters. The smallest absolute Gasteiger partial charge is 0.416 e. The van der Waals surface area contributed by atoms with Crippen LogP contribution in [-0.4, -0.2) is 25.9 Å². The minimum Gasteiger partial charge on any atom is -0.497 e. The second-order valence-corrected chi connectivity index (χ2v) is 5.62. The number of carbonyl (C=O) groups is 2. The number of anilines is 1. The summed E-state index contributed by atoms with van der Waals surface area (Å²) in [6, 6.07) is 8.98. The van der Waals surface area contributed by atoms with E-state index < -0.39 is 17.6 Å². The number of carbonyl (C=O) groups excluding carboxylic acids is 2. The molecule has 1 amide bonds. The fourth-order valence-corrected chi connectivity index (χ4v) is 2.39. The van der Waals surface area contributed by atoms with Gasteiger partial charge in [-0.05, 0) is 30.3 Å². The van der Waals surface area contributed by atoms with Crippen LogP contribution in [0.1, 0.15) is 28.8 Å². The minimum atomic E-state index is -4.50. The van der Waals surface area contributed by atoms with Gasteiger partial charge >= 0.3 is 6.18 Å². The van der Waals surface area contributed by atoms with Gasteiger partial charge in [-0.15, -0.1) is 0 Å². The van der Waals surface area contributed by atoms with Crippen LogP contribution in [-0.2, 0) is 11.0 Å². The van der Waals surface area contributed by atoms with Crippen LogP contribution >= 0.6 is 0 Å². The lowest BCUT2D eigenvalue weighted by Gasteiger charge is -2.11. The second-order valence-electron chi connectivity index (χ2n) is 5.62. The van der Waals surface area contributed by atoms with Crippen molar-refractivity contribution in [3.63, 3.8) is 0 Å². The number of amides is 1. The molecule has 2 aromatic carbocycles. The fraction of sp³-hybridized carbons (Fsp3) is 0.263. The lowest BCUT2D eigenvalue weighted by molar-refractivity contribution is -0.137. The van der Waals surface area contributed by atoms with Crippen molar-refractivity contribution < 1.29 is 32.2 Å². The van der Waals surface area contributed by atoms with Gasteiger partial charge in [0.15, 0.2) is 5.78 Å². The van der Waals surface area contributed by atoms with E-state index in [0.717, 1.165) is 12.1 Å². The molecule has 0 aliphatic carbocycles. The highest BCUT2D eigenvalue weighted by atomic mass is 19.4. The van der Waals surface area contributed by atoms with Crippen LogP contribution in [0.4, 0.5) is 18.9 Å². The summed E-state index contributed by atoms with van der Waals surface area (Å²) in [7, 11) is 2.89. The molecule has 8 heteroatoms. The molecule has 0 aliphatic rings. The lowest BCUT2D eigenvalue weighted by atomic mass is 10.0. The molecule has 0 heterocycles. The predicted octanol–water partition coefficient (Wildman–Crippen LogP) is 4.32. The highest BCUT2D eigenvalue weighted by Gasteiger charge is 2.30. The number of alkyl halides is 3. The summed E-state index contributed by atoms with van der Waals surface area (Å²) in [5.41, 5.74) is -0.547. The van der Waals surface area contributed by atoms with Crippen molar-refractivity contribution in [1.82, 2.24) is 0 Å². The number of halogens is 3. The fourth-order valence-electron chi connectivity index (χ4n) is 2.39. The molecule has 27 heavy (non-hydrogen) atoms. The normalized spacial score (nSPS) is 11.0. The Hall–Kier alpha value is -3.03. The first kappa shape index (κ1) is 20.3. The van der Waals surface area contributed by atoms with Crippen molar-refractivity contribution in [2.75, 3.05) is 19.5 Å². The maximum Gasteiger partial charge on any atom is 0.416 e. The van der Waals surface area contributed by atoms with Crippen molar-refractivity contribution in [3.8, 4) is 11.5 Å². The third-order valence-corrected chi connectivity index (χ3v) is 3.76. The molecule has 144 valence electrons. The molecular formula is C19H18F3NO4. The molecule has 0 aliphatic heterocycles.